The highest BCUT2D eigenvalue weighted by atomic mass is 32.1. The van der Waals surface area contributed by atoms with E-state index in [0.29, 0.717) is 16.4 Å². The molecule has 0 fully saturated rings. The fourth-order valence-corrected chi connectivity index (χ4v) is 3.27. The first-order chi connectivity index (χ1) is 11.6. The van der Waals surface area contributed by atoms with E-state index >= 15 is 0 Å². The molecule has 0 aliphatic carbocycles. The van der Waals surface area contributed by atoms with Gasteiger partial charge in [-0.05, 0) is 36.2 Å². The van der Waals surface area contributed by atoms with Gasteiger partial charge in [-0.15, -0.1) is 11.3 Å². The zero-order valence-corrected chi connectivity index (χ0v) is 16.0. The van der Waals surface area contributed by atoms with Crippen molar-refractivity contribution in [3.05, 3.63) is 52.2 Å². The largest absolute Gasteiger partial charge is 0.337 e. The number of benzene rings is 1. The highest BCUT2D eigenvalue weighted by molar-refractivity contribution is 7.18. The van der Waals surface area contributed by atoms with Gasteiger partial charge in [0.2, 0.25) is 5.91 Å². The monoisotopic (exact) mass is 362 g/mol. The van der Waals surface area contributed by atoms with Gasteiger partial charge in [0.15, 0.2) is 0 Å². The number of hydrogen-bond acceptors (Lipinski definition) is 3. The van der Waals surface area contributed by atoms with E-state index in [4.69, 9.17) is 0 Å². The first kappa shape index (κ1) is 19.1. The molecule has 0 radical (unpaired) electrons. The summed E-state index contributed by atoms with van der Waals surface area (Å²) in [6.45, 7) is 7.66. The summed E-state index contributed by atoms with van der Waals surface area (Å²) >= 11 is 1.26. The Morgan fingerprint density at radius 2 is 1.92 bits per heavy atom. The van der Waals surface area contributed by atoms with Crippen LogP contribution in [0.3, 0.4) is 0 Å². The van der Waals surface area contributed by atoms with Crippen molar-refractivity contribution in [1.29, 1.82) is 0 Å². The average Bonchev–Trinajstić information content (AvgIpc) is 2.86. The van der Waals surface area contributed by atoms with E-state index in [2.05, 4.69) is 5.32 Å². The second-order valence-electron chi connectivity index (χ2n) is 7.12. The van der Waals surface area contributed by atoms with Gasteiger partial charge in [0.25, 0.3) is 5.91 Å². The highest BCUT2D eigenvalue weighted by Crippen LogP contribution is 2.29. The number of halogens is 1. The van der Waals surface area contributed by atoms with E-state index in [1.54, 1.807) is 30.1 Å². The minimum absolute atomic E-state index is 0.0964. The molecule has 0 saturated heterocycles. The van der Waals surface area contributed by atoms with E-state index in [0.717, 1.165) is 11.1 Å². The number of thiophene rings is 1. The van der Waals surface area contributed by atoms with Crippen molar-refractivity contribution in [3.63, 3.8) is 0 Å². The fraction of sp³-hybridized carbons (Fsp3) is 0.368. The van der Waals surface area contributed by atoms with Crippen LogP contribution >= 0.6 is 11.3 Å². The maximum atomic E-state index is 13.3. The lowest BCUT2D eigenvalue weighted by atomic mass is 9.96. The number of hydrogen-bond donors (Lipinski definition) is 1. The van der Waals surface area contributed by atoms with Crippen LogP contribution in [0.2, 0.25) is 0 Å². The highest BCUT2D eigenvalue weighted by Gasteiger charge is 2.23. The molecule has 6 heteroatoms. The van der Waals surface area contributed by atoms with Crippen molar-refractivity contribution in [2.45, 2.75) is 34.2 Å². The van der Waals surface area contributed by atoms with E-state index in [9.17, 15) is 14.0 Å². The lowest BCUT2D eigenvalue weighted by molar-refractivity contribution is -0.123. The molecule has 1 heterocycles. The number of amides is 2. The number of aryl methyl sites for hydroxylation is 1. The van der Waals surface area contributed by atoms with E-state index in [1.165, 1.54) is 23.5 Å². The standard InChI is InChI=1S/C19H23FN2O2S/c1-12-9-15(21-18(24)19(2,3)4)25-16(12)17(23)22(5)11-13-7-6-8-14(20)10-13/h6-10H,11H2,1-5H3,(H,21,24). The third-order valence-electron chi connectivity index (χ3n) is 3.69. The second kappa shape index (κ2) is 7.35. The molecule has 0 spiro atoms. The molecule has 1 aromatic carbocycles. The molecule has 1 aromatic heterocycles. The summed E-state index contributed by atoms with van der Waals surface area (Å²) in [7, 11) is 1.68. The Balaban J connectivity index is 2.12. The molecule has 0 saturated carbocycles. The van der Waals surface area contributed by atoms with E-state index < -0.39 is 5.41 Å². The average molecular weight is 362 g/mol. The molecule has 0 aliphatic rings. The van der Waals surface area contributed by atoms with Crippen molar-refractivity contribution >= 4 is 28.2 Å². The Morgan fingerprint density at radius 3 is 2.52 bits per heavy atom. The Kier molecular flexibility index (Phi) is 5.62. The molecule has 1 N–H and O–H groups in total. The van der Waals surface area contributed by atoms with E-state index in [-0.39, 0.29) is 17.6 Å². The van der Waals surface area contributed by atoms with Gasteiger partial charge >= 0.3 is 0 Å². The number of carbonyl (C=O) groups is 2. The van der Waals surface area contributed by atoms with Gasteiger partial charge in [0.1, 0.15) is 5.82 Å². The van der Waals surface area contributed by atoms with Gasteiger partial charge in [0.05, 0.1) is 9.88 Å². The van der Waals surface area contributed by atoms with Crippen molar-refractivity contribution < 1.29 is 14.0 Å². The summed E-state index contributed by atoms with van der Waals surface area (Å²) in [5.74, 6) is -0.568. The molecule has 0 atom stereocenters. The summed E-state index contributed by atoms with van der Waals surface area (Å²) in [5.41, 5.74) is 1.03. The number of nitrogens with one attached hydrogen (secondary N) is 1. The topological polar surface area (TPSA) is 49.4 Å². The minimum atomic E-state index is -0.504. The fourth-order valence-electron chi connectivity index (χ4n) is 2.21. The maximum absolute atomic E-state index is 13.3. The van der Waals surface area contributed by atoms with Crippen molar-refractivity contribution in [2.24, 2.45) is 5.41 Å². The molecule has 2 rings (SSSR count). The van der Waals surface area contributed by atoms with Gasteiger partial charge in [-0.25, -0.2) is 4.39 Å². The van der Waals surface area contributed by atoms with Crippen LogP contribution in [-0.2, 0) is 11.3 Å². The van der Waals surface area contributed by atoms with Gasteiger partial charge in [0, 0.05) is 19.0 Å². The van der Waals surface area contributed by atoms with Crippen LogP contribution in [0, 0.1) is 18.2 Å². The number of nitrogens with zero attached hydrogens (tertiary/aromatic N) is 1. The van der Waals surface area contributed by atoms with Crippen LogP contribution in [-0.4, -0.2) is 23.8 Å². The maximum Gasteiger partial charge on any atom is 0.264 e. The molecule has 2 amide bonds. The molecule has 0 aliphatic heterocycles. The van der Waals surface area contributed by atoms with Crippen LogP contribution in [0.5, 0.6) is 0 Å². The first-order valence-electron chi connectivity index (χ1n) is 7.99. The summed E-state index contributed by atoms with van der Waals surface area (Å²) < 4.78 is 13.3. The summed E-state index contributed by atoms with van der Waals surface area (Å²) in [5, 5.41) is 3.51. The summed E-state index contributed by atoms with van der Waals surface area (Å²) in [4.78, 5) is 26.9. The van der Waals surface area contributed by atoms with Gasteiger partial charge in [-0.3, -0.25) is 9.59 Å². The van der Waals surface area contributed by atoms with Crippen molar-refractivity contribution in [2.75, 3.05) is 12.4 Å². The molecular weight excluding hydrogens is 339 g/mol. The predicted octanol–water partition coefficient (Wildman–Crippen LogP) is 4.45. The number of carbonyl (C=O) groups excluding carboxylic acids is 2. The zero-order chi connectivity index (χ0) is 18.8. The lowest BCUT2D eigenvalue weighted by Crippen LogP contribution is -2.27. The minimum Gasteiger partial charge on any atom is -0.337 e. The molecule has 25 heavy (non-hydrogen) atoms. The molecule has 134 valence electrons. The number of rotatable bonds is 4. The second-order valence-corrected chi connectivity index (χ2v) is 8.17. The quantitative estimate of drug-likeness (QED) is 0.873. The molecule has 2 aromatic rings. The Morgan fingerprint density at radius 1 is 1.24 bits per heavy atom. The Hall–Kier alpha value is -2.21. The van der Waals surface area contributed by atoms with Gasteiger partial charge in [-0.1, -0.05) is 32.9 Å². The predicted molar refractivity (Wildman–Crippen MR) is 99.3 cm³/mol. The van der Waals surface area contributed by atoms with Crippen LogP contribution in [0.1, 0.15) is 41.6 Å². The van der Waals surface area contributed by atoms with Gasteiger partial charge < -0.3 is 10.2 Å². The molecule has 0 bridgehead atoms. The molecule has 0 unspecified atom stereocenters. The zero-order valence-electron chi connectivity index (χ0n) is 15.1. The third kappa shape index (κ3) is 4.89. The number of anilines is 1. The summed E-state index contributed by atoms with van der Waals surface area (Å²) in [6.07, 6.45) is 0. The smallest absolute Gasteiger partial charge is 0.264 e. The van der Waals surface area contributed by atoms with Crippen LogP contribution in [0.4, 0.5) is 9.39 Å². The normalized spacial score (nSPS) is 11.3. The SMILES string of the molecule is Cc1cc(NC(=O)C(C)(C)C)sc1C(=O)N(C)Cc1cccc(F)c1. The molecule has 4 nitrogen and oxygen atoms in total. The Labute approximate surface area is 151 Å². The van der Waals surface area contributed by atoms with Crippen LogP contribution < -0.4 is 5.32 Å². The molecular formula is C19H23FN2O2S. The van der Waals surface area contributed by atoms with E-state index in [1.807, 2.05) is 27.7 Å². The summed E-state index contributed by atoms with van der Waals surface area (Å²) in [6, 6.07) is 8.00. The van der Waals surface area contributed by atoms with Gasteiger partial charge in [-0.2, -0.15) is 0 Å². The van der Waals surface area contributed by atoms with Crippen molar-refractivity contribution in [3.8, 4) is 0 Å². The third-order valence-corrected chi connectivity index (χ3v) is 4.83. The van der Waals surface area contributed by atoms with Crippen molar-refractivity contribution in [1.82, 2.24) is 4.90 Å². The first-order valence-corrected chi connectivity index (χ1v) is 8.81. The van der Waals surface area contributed by atoms with Crippen LogP contribution in [0.25, 0.3) is 0 Å². The van der Waals surface area contributed by atoms with Crippen LogP contribution in [0.15, 0.2) is 30.3 Å². The lowest BCUT2D eigenvalue weighted by Gasteiger charge is -2.17. The Bertz CT molecular complexity index is 793.